The fraction of sp³-hybridized carbons (Fsp3) is 0.357. The van der Waals surface area contributed by atoms with Crippen LogP contribution in [0.1, 0.15) is 35.7 Å². The molecule has 1 aromatic carbocycles. The summed E-state index contributed by atoms with van der Waals surface area (Å²) in [5.41, 5.74) is 11.1. The predicted octanol–water partition coefficient (Wildman–Crippen LogP) is 2.52. The lowest BCUT2D eigenvalue weighted by Gasteiger charge is -2.20. The number of aromatic nitrogens is 2. The molecular formula is C14H17N3. The van der Waals surface area contributed by atoms with Crippen LogP contribution >= 0.6 is 0 Å². The van der Waals surface area contributed by atoms with E-state index < -0.39 is 0 Å². The zero-order valence-electron chi connectivity index (χ0n) is 10.1. The average molecular weight is 227 g/mol. The van der Waals surface area contributed by atoms with Crippen LogP contribution in [0.3, 0.4) is 0 Å². The molecule has 17 heavy (non-hydrogen) atoms. The third-order valence-electron chi connectivity index (χ3n) is 3.57. The number of benzene rings is 1. The van der Waals surface area contributed by atoms with E-state index in [1.54, 1.807) is 0 Å². The Morgan fingerprint density at radius 3 is 3.00 bits per heavy atom. The van der Waals surface area contributed by atoms with E-state index >= 15 is 0 Å². The van der Waals surface area contributed by atoms with E-state index in [0.29, 0.717) is 0 Å². The largest absolute Gasteiger partial charge is 0.324 e. The highest BCUT2D eigenvalue weighted by atomic mass is 15.3. The molecule has 3 nitrogen and oxygen atoms in total. The molecule has 0 amide bonds. The number of nitrogens with zero attached hydrogens (tertiary/aromatic N) is 2. The van der Waals surface area contributed by atoms with Crippen LogP contribution in [0.4, 0.5) is 0 Å². The van der Waals surface area contributed by atoms with Crippen molar-refractivity contribution in [3.63, 3.8) is 0 Å². The quantitative estimate of drug-likeness (QED) is 0.813. The summed E-state index contributed by atoms with van der Waals surface area (Å²) in [7, 11) is 0. The van der Waals surface area contributed by atoms with E-state index in [2.05, 4.69) is 41.0 Å². The van der Waals surface area contributed by atoms with Gasteiger partial charge in [-0.2, -0.15) is 5.10 Å². The number of nitrogens with two attached hydrogens (primary N) is 1. The Morgan fingerprint density at radius 1 is 1.35 bits per heavy atom. The van der Waals surface area contributed by atoms with Crippen molar-refractivity contribution in [3.8, 4) is 5.69 Å². The van der Waals surface area contributed by atoms with E-state index in [0.717, 1.165) is 19.3 Å². The van der Waals surface area contributed by atoms with Crippen molar-refractivity contribution in [2.75, 3.05) is 0 Å². The molecule has 0 radical (unpaired) electrons. The smallest absolute Gasteiger partial charge is 0.0678 e. The topological polar surface area (TPSA) is 43.8 Å². The SMILES string of the molecule is Cc1ccccc1-n1ncc2c1CCC[C@H]2N. The first-order valence-electron chi connectivity index (χ1n) is 6.16. The number of fused-ring (bicyclic) bond motifs is 1. The first-order valence-corrected chi connectivity index (χ1v) is 6.16. The van der Waals surface area contributed by atoms with Gasteiger partial charge in [0.25, 0.3) is 0 Å². The van der Waals surface area contributed by atoms with Crippen molar-refractivity contribution in [3.05, 3.63) is 47.3 Å². The van der Waals surface area contributed by atoms with E-state index in [4.69, 9.17) is 5.73 Å². The highest BCUT2D eigenvalue weighted by Crippen LogP contribution is 2.29. The molecule has 1 aromatic heterocycles. The Balaban J connectivity index is 2.14. The van der Waals surface area contributed by atoms with Gasteiger partial charge in [0.05, 0.1) is 11.9 Å². The maximum atomic E-state index is 6.12. The molecule has 88 valence electrons. The van der Waals surface area contributed by atoms with Crippen molar-refractivity contribution in [1.29, 1.82) is 0 Å². The Labute approximate surface area is 101 Å². The summed E-state index contributed by atoms with van der Waals surface area (Å²) in [5.74, 6) is 0. The molecule has 3 heteroatoms. The second kappa shape index (κ2) is 4.00. The predicted molar refractivity (Wildman–Crippen MR) is 68.2 cm³/mol. The number of rotatable bonds is 1. The number of hydrogen-bond acceptors (Lipinski definition) is 2. The van der Waals surface area contributed by atoms with Crippen LogP contribution in [0.5, 0.6) is 0 Å². The molecule has 1 aliphatic carbocycles. The third kappa shape index (κ3) is 1.67. The zero-order chi connectivity index (χ0) is 11.8. The molecule has 0 unspecified atom stereocenters. The summed E-state index contributed by atoms with van der Waals surface area (Å²) >= 11 is 0. The van der Waals surface area contributed by atoms with Gasteiger partial charge in [-0.3, -0.25) is 0 Å². The Bertz CT molecular complexity index is 542. The monoisotopic (exact) mass is 227 g/mol. The third-order valence-corrected chi connectivity index (χ3v) is 3.57. The molecule has 0 aliphatic heterocycles. The van der Waals surface area contributed by atoms with Crippen molar-refractivity contribution in [2.24, 2.45) is 5.73 Å². The molecule has 0 fully saturated rings. The van der Waals surface area contributed by atoms with Gasteiger partial charge < -0.3 is 5.73 Å². The van der Waals surface area contributed by atoms with Crippen LogP contribution < -0.4 is 5.73 Å². The van der Waals surface area contributed by atoms with Gasteiger partial charge in [0.15, 0.2) is 0 Å². The summed E-state index contributed by atoms with van der Waals surface area (Å²) in [6, 6.07) is 8.51. The molecule has 2 aromatic rings. The lowest BCUT2D eigenvalue weighted by molar-refractivity contribution is 0.558. The molecule has 1 aliphatic rings. The Hall–Kier alpha value is -1.61. The van der Waals surface area contributed by atoms with Crippen LogP contribution in [0, 0.1) is 6.92 Å². The van der Waals surface area contributed by atoms with Crippen LogP contribution in [-0.2, 0) is 6.42 Å². The number of para-hydroxylation sites is 1. The van der Waals surface area contributed by atoms with E-state index in [9.17, 15) is 0 Å². The van der Waals surface area contributed by atoms with Gasteiger partial charge in [-0.25, -0.2) is 4.68 Å². The second-order valence-corrected chi connectivity index (χ2v) is 4.74. The van der Waals surface area contributed by atoms with Crippen molar-refractivity contribution >= 4 is 0 Å². The van der Waals surface area contributed by atoms with E-state index in [1.165, 1.54) is 22.5 Å². The van der Waals surface area contributed by atoms with Crippen molar-refractivity contribution < 1.29 is 0 Å². The minimum Gasteiger partial charge on any atom is -0.324 e. The second-order valence-electron chi connectivity index (χ2n) is 4.74. The molecule has 0 bridgehead atoms. The summed E-state index contributed by atoms with van der Waals surface area (Å²) in [6.45, 7) is 2.12. The summed E-state index contributed by atoms with van der Waals surface area (Å²) < 4.78 is 2.06. The zero-order valence-corrected chi connectivity index (χ0v) is 10.1. The lowest BCUT2D eigenvalue weighted by atomic mass is 9.93. The van der Waals surface area contributed by atoms with Crippen LogP contribution in [0.25, 0.3) is 5.69 Å². The van der Waals surface area contributed by atoms with Crippen molar-refractivity contribution in [1.82, 2.24) is 9.78 Å². The number of hydrogen-bond donors (Lipinski definition) is 1. The minimum absolute atomic E-state index is 0.163. The highest BCUT2D eigenvalue weighted by Gasteiger charge is 2.22. The summed E-state index contributed by atoms with van der Waals surface area (Å²) in [4.78, 5) is 0. The van der Waals surface area contributed by atoms with Crippen LogP contribution in [0.15, 0.2) is 30.5 Å². The molecule has 0 spiro atoms. The fourth-order valence-corrected chi connectivity index (χ4v) is 2.60. The average Bonchev–Trinajstić information content (AvgIpc) is 2.75. The maximum Gasteiger partial charge on any atom is 0.0678 e. The van der Waals surface area contributed by atoms with Gasteiger partial charge in [0, 0.05) is 17.3 Å². The molecule has 3 rings (SSSR count). The van der Waals surface area contributed by atoms with Gasteiger partial charge in [-0.1, -0.05) is 18.2 Å². The Morgan fingerprint density at radius 2 is 2.18 bits per heavy atom. The van der Waals surface area contributed by atoms with Gasteiger partial charge >= 0.3 is 0 Å². The van der Waals surface area contributed by atoms with Gasteiger partial charge in [-0.05, 0) is 37.8 Å². The normalized spacial score (nSPS) is 19.1. The maximum absolute atomic E-state index is 6.12. The molecule has 2 N–H and O–H groups in total. The fourth-order valence-electron chi connectivity index (χ4n) is 2.60. The first-order chi connectivity index (χ1) is 8.27. The standard InChI is InChI=1S/C14H17N3/c1-10-5-2-3-7-13(10)17-14-8-4-6-12(15)11(14)9-16-17/h2-3,5,7,9,12H,4,6,8,15H2,1H3/t12-/m1/s1. The van der Waals surface area contributed by atoms with E-state index in [1.807, 2.05) is 6.20 Å². The highest BCUT2D eigenvalue weighted by molar-refractivity contribution is 5.42. The van der Waals surface area contributed by atoms with Gasteiger partial charge in [-0.15, -0.1) is 0 Å². The van der Waals surface area contributed by atoms with Crippen LogP contribution in [-0.4, -0.2) is 9.78 Å². The molecular weight excluding hydrogens is 210 g/mol. The first kappa shape index (κ1) is 10.5. The van der Waals surface area contributed by atoms with Crippen molar-refractivity contribution in [2.45, 2.75) is 32.2 Å². The molecule has 1 atom stereocenters. The molecule has 0 saturated heterocycles. The minimum atomic E-state index is 0.163. The summed E-state index contributed by atoms with van der Waals surface area (Å²) in [5, 5.41) is 4.52. The Kier molecular flexibility index (Phi) is 2.48. The number of aryl methyl sites for hydroxylation is 1. The van der Waals surface area contributed by atoms with Crippen LogP contribution in [0.2, 0.25) is 0 Å². The van der Waals surface area contributed by atoms with Gasteiger partial charge in [0.1, 0.15) is 0 Å². The lowest BCUT2D eigenvalue weighted by Crippen LogP contribution is -2.18. The van der Waals surface area contributed by atoms with E-state index in [-0.39, 0.29) is 6.04 Å². The van der Waals surface area contributed by atoms with Gasteiger partial charge in [0.2, 0.25) is 0 Å². The molecule has 0 saturated carbocycles. The molecule has 1 heterocycles. The summed E-state index contributed by atoms with van der Waals surface area (Å²) in [6.07, 6.45) is 5.25.